The Bertz CT molecular complexity index is 959. The van der Waals surface area contributed by atoms with Gasteiger partial charge in [-0.25, -0.2) is 0 Å². The number of benzene rings is 1. The minimum absolute atomic E-state index is 0.0263. The second-order valence-electron chi connectivity index (χ2n) is 6.51. The molecular weight excluding hydrogens is 378 g/mol. The number of hydrogen-bond acceptors (Lipinski definition) is 3. The molecule has 0 saturated carbocycles. The number of carbonyl (C=O) groups is 1. The molecule has 0 unspecified atom stereocenters. The van der Waals surface area contributed by atoms with Crippen molar-refractivity contribution >= 4 is 40.5 Å². The smallest absolute Gasteiger partial charge is 0.266 e. The monoisotopic (exact) mass is 401 g/mol. The number of hydrogen-bond donors (Lipinski definition) is 0. The van der Waals surface area contributed by atoms with Crippen molar-refractivity contribution in [3.63, 3.8) is 0 Å². The molecular formula is C21H24ClN3OS. The lowest BCUT2D eigenvalue weighted by molar-refractivity contribution is -0.122. The van der Waals surface area contributed by atoms with Crippen molar-refractivity contribution in [2.75, 3.05) is 13.1 Å². The van der Waals surface area contributed by atoms with Gasteiger partial charge in [0.2, 0.25) is 0 Å². The van der Waals surface area contributed by atoms with Gasteiger partial charge in [-0.2, -0.15) is 0 Å². The molecule has 1 saturated heterocycles. The van der Waals surface area contributed by atoms with Crippen LogP contribution in [0.2, 0.25) is 5.02 Å². The molecule has 1 aliphatic heterocycles. The third-order valence-corrected chi connectivity index (χ3v) is 5.95. The van der Waals surface area contributed by atoms with Gasteiger partial charge in [-0.1, -0.05) is 17.7 Å². The summed E-state index contributed by atoms with van der Waals surface area (Å²) in [6.07, 6.45) is 1.98. The van der Waals surface area contributed by atoms with Crippen molar-refractivity contribution < 1.29 is 4.79 Å². The van der Waals surface area contributed by atoms with E-state index in [9.17, 15) is 4.79 Å². The van der Waals surface area contributed by atoms with Crippen LogP contribution in [0.1, 0.15) is 36.4 Å². The number of carbonyl (C=O) groups excluding carboxylic acids is 1. The first-order valence-corrected chi connectivity index (χ1v) is 10.3. The Balaban J connectivity index is 2.05. The lowest BCUT2D eigenvalue weighted by atomic mass is 10.2. The standard InChI is InChI=1S/C21H24ClN3OS/c1-6-23-21-24(7-2)20(26)19(27-21)11-16-10-14(4)25(15(16)5)18-12-17(22)9-8-13(18)3/h8-12H,6-7H2,1-5H3/b19-11+,23-21?. The highest BCUT2D eigenvalue weighted by molar-refractivity contribution is 8.18. The summed E-state index contributed by atoms with van der Waals surface area (Å²) in [6.45, 7) is 11.5. The highest BCUT2D eigenvalue weighted by atomic mass is 35.5. The van der Waals surface area contributed by atoms with Crippen molar-refractivity contribution in [1.82, 2.24) is 9.47 Å². The number of amides is 1. The highest BCUT2D eigenvalue weighted by Crippen LogP contribution is 2.34. The van der Waals surface area contributed by atoms with Crippen LogP contribution >= 0.6 is 23.4 Å². The van der Waals surface area contributed by atoms with Gasteiger partial charge in [-0.05, 0) is 81.8 Å². The molecule has 4 nitrogen and oxygen atoms in total. The third-order valence-electron chi connectivity index (χ3n) is 4.67. The van der Waals surface area contributed by atoms with E-state index in [0.29, 0.717) is 23.0 Å². The van der Waals surface area contributed by atoms with Gasteiger partial charge in [0.05, 0.1) is 4.91 Å². The minimum atomic E-state index is 0.0263. The summed E-state index contributed by atoms with van der Waals surface area (Å²) in [7, 11) is 0. The quantitative estimate of drug-likeness (QED) is 0.646. The zero-order chi connectivity index (χ0) is 19.7. The number of aryl methyl sites for hydroxylation is 2. The lowest BCUT2D eigenvalue weighted by Gasteiger charge is -2.13. The average molecular weight is 402 g/mol. The number of aliphatic imine (C=N–C) groups is 1. The molecule has 1 aliphatic rings. The van der Waals surface area contributed by atoms with Gasteiger partial charge in [-0.3, -0.25) is 14.7 Å². The SMILES string of the molecule is CCN=C1S/C(=C/c2cc(C)n(-c3cc(Cl)ccc3C)c2C)C(=O)N1CC. The van der Waals surface area contributed by atoms with Crippen LogP contribution in [0, 0.1) is 20.8 Å². The number of nitrogens with zero attached hydrogens (tertiary/aromatic N) is 3. The topological polar surface area (TPSA) is 37.6 Å². The van der Waals surface area contributed by atoms with E-state index in [0.717, 1.165) is 33.4 Å². The first kappa shape index (κ1) is 19.8. The lowest BCUT2D eigenvalue weighted by Crippen LogP contribution is -2.28. The molecule has 0 aliphatic carbocycles. The van der Waals surface area contributed by atoms with Crippen molar-refractivity contribution in [2.24, 2.45) is 4.99 Å². The van der Waals surface area contributed by atoms with Crippen LogP contribution < -0.4 is 0 Å². The number of halogens is 1. The van der Waals surface area contributed by atoms with Crippen molar-refractivity contribution in [2.45, 2.75) is 34.6 Å². The Morgan fingerprint density at radius 3 is 2.59 bits per heavy atom. The van der Waals surface area contributed by atoms with E-state index < -0.39 is 0 Å². The zero-order valence-electron chi connectivity index (χ0n) is 16.3. The van der Waals surface area contributed by atoms with Crippen LogP contribution in [0.3, 0.4) is 0 Å². The van der Waals surface area contributed by atoms with E-state index in [2.05, 4.69) is 36.4 Å². The largest absolute Gasteiger partial charge is 0.318 e. The molecule has 0 radical (unpaired) electrons. The van der Waals surface area contributed by atoms with Gasteiger partial charge in [0.15, 0.2) is 5.17 Å². The zero-order valence-corrected chi connectivity index (χ0v) is 17.9. The van der Waals surface area contributed by atoms with Crippen LogP contribution in [-0.4, -0.2) is 33.6 Å². The van der Waals surface area contributed by atoms with Crippen LogP contribution in [-0.2, 0) is 4.79 Å². The number of aromatic nitrogens is 1. The average Bonchev–Trinajstić information content (AvgIpc) is 3.07. The highest BCUT2D eigenvalue weighted by Gasteiger charge is 2.32. The molecule has 1 aromatic carbocycles. The fourth-order valence-electron chi connectivity index (χ4n) is 3.31. The molecule has 0 bridgehead atoms. The van der Waals surface area contributed by atoms with Gasteiger partial charge in [0, 0.05) is 35.2 Å². The van der Waals surface area contributed by atoms with Crippen LogP contribution in [0.25, 0.3) is 11.8 Å². The summed E-state index contributed by atoms with van der Waals surface area (Å²) in [4.78, 5) is 19.6. The second kappa shape index (κ2) is 7.95. The molecule has 2 heterocycles. The van der Waals surface area contributed by atoms with E-state index in [4.69, 9.17) is 11.6 Å². The van der Waals surface area contributed by atoms with Gasteiger partial charge >= 0.3 is 0 Å². The first-order chi connectivity index (χ1) is 12.9. The van der Waals surface area contributed by atoms with Crippen molar-refractivity contribution in [3.8, 4) is 5.69 Å². The maximum Gasteiger partial charge on any atom is 0.266 e. The van der Waals surface area contributed by atoms with Gasteiger partial charge in [-0.15, -0.1) is 0 Å². The van der Waals surface area contributed by atoms with Crippen molar-refractivity contribution in [3.05, 3.63) is 56.7 Å². The molecule has 27 heavy (non-hydrogen) atoms. The molecule has 0 spiro atoms. The number of likely N-dealkylation sites (N-methyl/N-ethyl adjacent to an activating group) is 1. The fourth-order valence-corrected chi connectivity index (χ4v) is 4.57. The van der Waals surface area contributed by atoms with Crippen LogP contribution in [0.5, 0.6) is 0 Å². The van der Waals surface area contributed by atoms with E-state index >= 15 is 0 Å². The Morgan fingerprint density at radius 1 is 1.19 bits per heavy atom. The Labute approximate surface area is 169 Å². The predicted octanol–water partition coefficient (Wildman–Crippen LogP) is 5.37. The minimum Gasteiger partial charge on any atom is -0.318 e. The maximum atomic E-state index is 12.7. The van der Waals surface area contributed by atoms with Gasteiger partial charge in [0.25, 0.3) is 5.91 Å². The summed E-state index contributed by atoms with van der Waals surface area (Å²) >= 11 is 7.67. The van der Waals surface area contributed by atoms with E-state index in [-0.39, 0.29) is 5.91 Å². The number of thioether (sulfide) groups is 1. The van der Waals surface area contributed by atoms with E-state index in [1.54, 1.807) is 4.90 Å². The van der Waals surface area contributed by atoms with E-state index in [1.807, 2.05) is 38.1 Å². The number of amidine groups is 1. The molecule has 2 aromatic rings. The molecule has 0 N–H and O–H groups in total. The number of rotatable bonds is 4. The van der Waals surface area contributed by atoms with Gasteiger partial charge in [0.1, 0.15) is 0 Å². The van der Waals surface area contributed by atoms with Crippen molar-refractivity contribution in [1.29, 1.82) is 0 Å². The van der Waals surface area contributed by atoms with Gasteiger partial charge < -0.3 is 4.57 Å². The third kappa shape index (κ3) is 3.71. The van der Waals surface area contributed by atoms with E-state index in [1.165, 1.54) is 11.8 Å². The molecule has 1 aromatic heterocycles. The Hall–Kier alpha value is -1.98. The summed E-state index contributed by atoms with van der Waals surface area (Å²) in [5.74, 6) is 0.0263. The molecule has 1 amide bonds. The maximum absolute atomic E-state index is 12.7. The summed E-state index contributed by atoms with van der Waals surface area (Å²) in [5.41, 5.74) is 5.45. The Kier molecular flexibility index (Phi) is 5.82. The normalized spacial score (nSPS) is 17.6. The first-order valence-electron chi connectivity index (χ1n) is 9.08. The second-order valence-corrected chi connectivity index (χ2v) is 7.96. The molecule has 1 fully saturated rings. The fraction of sp³-hybridized carbons (Fsp3) is 0.333. The molecule has 142 valence electrons. The van der Waals surface area contributed by atoms with Crippen LogP contribution in [0.15, 0.2) is 34.2 Å². The summed E-state index contributed by atoms with van der Waals surface area (Å²) < 4.78 is 2.19. The Morgan fingerprint density at radius 2 is 1.93 bits per heavy atom. The van der Waals surface area contributed by atoms with Crippen LogP contribution in [0.4, 0.5) is 0 Å². The summed E-state index contributed by atoms with van der Waals surface area (Å²) in [5, 5.41) is 1.50. The molecule has 6 heteroatoms. The molecule has 3 rings (SSSR count). The summed E-state index contributed by atoms with van der Waals surface area (Å²) in [6, 6.07) is 8.02. The predicted molar refractivity (Wildman–Crippen MR) is 116 cm³/mol. The molecule has 0 atom stereocenters.